The summed E-state index contributed by atoms with van der Waals surface area (Å²) in [5.74, 6) is 0.217. The zero-order chi connectivity index (χ0) is 16.4. The van der Waals surface area contributed by atoms with Gasteiger partial charge in [0.05, 0.1) is 5.41 Å². The minimum absolute atomic E-state index is 0.217. The number of carbonyl (C=O) groups is 1. The molecule has 1 unspecified atom stereocenters. The van der Waals surface area contributed by atoms with Gasteiger partial charge in [0.15, 0.2) is 0 Å². The van der Waals surface area contributed by atoms with Gasteiger partial charge in [-0.25, -0.2) is 0 Å². The van der Waals surface area contributed by atoms with Crippen LogP contribution in [0.15, 0.2) is 54.6 Å². The summed E-state index contributed by atoms with van der Waals surface area (Å²) >= 11 is 0. The second-order valence-electron chi connectivity index (χ2n) is 7.23. The SMILES string of the molecule is O=C(NC1CCc2ccccc2C1)C1(Cc2ccccc2)CNC1. The van der Waals surface area contributed by atoms with Gasteiger partial charge < -0.3 is 10.6 Å². The van der Waals surface area contributed by atoms with Crippen LogP contribution < -0.4 is 10.6 Å². The number of nitrogens with one attached hydrogen (secondary N) is 2. The predicted octanol–water partition coefficient (Wildman–Crippen LogP) is 2.49. The van der Waals surface area contributed by atoms with Crippen molar-refractivity contribution in [1.82, 2.24) is 10.6 Å². The number of amides is 1. The van der Waals surface area contributed by atoms with E-state index < -0.39 is 0 Å². The number of hydrogen-bond acceptors (Lipinski definition) is 2. The van der Waals surface area contributed by atoms with Crippen LogP contribution in [0.1, 0.15) is 23.1 Å². The highest BCUT2D eigenvalue weighted by atomic mass is 16.2. The van der Waals surface area contributed by atoms with Crippen LogP contribution in [-0.2, 0) is 24.1 Å². The number of carbonyl (C=O) groups excluding carboxylic acids is 1. The van der Waals surface area contributed by atoms with E-state index in [9.17, 15) is 4.79 Å². The van der Waals surface area contributed by atoms with E-state index in [1.807, 2.05) is 18.2 Å². The molecule has 1 heterocycles. The zero-order valence-electron chi connectivity index (χ0n) is 13.9. The minimum Gasteiger partial charge on any atom is -0.352 e. The minimum atomic E-state index is -0.279. The molecule has 1 fully saturated rings. The van der Waals surface area contributed by atoms with Gasteiger partial charge in [-0.15, -0.1) is 0 Å². The molecule has 0 spiro atoms. The number of hydrogen-bond donors (Lipinski definition) is 2. The zero-order valence-corrected chi connectivity index (χ0v) is 13.9. The van der Waals surface area contributed by atoms with Crippen LogP contribution in [0.4, 0.5) is 0 Å². The van der Waals surface area contributed by atoms with E-state index in [2.05, 4.69) is 47.0 Å². The van der Waals surface area contributed by atoms with E-state index >= 15 is 0 Å². The molecule has 4 rings (SSSR count). The third kappa shape index (κ3) is 2.96. The van der Waals surface area contributed by atoms with E-state index in [0.717, 1.165) is 38.8 Å². The summed E-state index contributed by atoms with van der Waals surface area (Å²) in [6.07, 6.45) is 3.87. The first-order valence-corrected chi connectivity index (χ1v) is 8.88. The highest BCUT2D eigenvalue weighted by Crippen LogP contribution is 2.29. The molecule has 0 saturated carbocycles. The van der Waals surface area contributed by atoms with Crippen molar-refractivity contribution in [3.63, 3.8) is 0 Å². The molecule has 0 aromatic heterocycles. The summed E-state index contributed by atoms with van der Waals surface area (Å²) in [5, 5.41) is 6.64. The normalized spacial score (nSPS) is 21.4. The Morgan fingerprint density at radius 3 is 2.46 bits per heavy atom. The lowest BCUT2D eigenvalue weighted by atomic mass is 9.75. The van der Waals surface area contributed by atoms with Gasteiger partial charge in [0.25, 0.3) is 0 Å². The molecule has 0 radical (unpaired) electrons. The smallest absolute Gasteiger partial charge is 0.229 e. The Morgan fingerprint density at radius 1 is 1.04 bits per heavy atom. The molecule has 2 aliphatic rings. The largest absolute Gasteiger partial charge is 0.352 e. The maximum absolute atomic E-state index is 13.0. The molecule has 1 amide bonds. The lowest BCUT2D eigenvalue weighted by Gasteiger charge is -2.42. The van der Waals surface area contributed by atoms with Crippen molar-refractivity contribution in [2.24, 2.45) is 5.41 Å². The Hall–Kier alpha value is -2.13. The van der Waals surface area contributed by atoms with Crippen molar-refractivity contribution in [2.75, 3.05) is 13.1 Å². The van der Waals surface area contributed by atoms with E-state index in [0.29, 0.717) is 0 Å². The molecule has 2 N–H and O–H groups in total. The Morgan fingerprint density at radius 2 is 1.75 bits per heavy atom. The molecular formula is C21H24N2O. The molecule has 3 heteroatoms. The van der Waals surface area contributed by atoms with Crippen molar-refractivity contribution in [1.29, 1.82) is 0 Å². The first-order valence-electron chi connectivity index (χ1n) is 8.88. The molecule has 1 atom stereocenters. The van der Waals surface area contributed by atoms with E-state index in [1.54, 1.807) is 0 Å². The molecule has 24 heavy (non-hydrogen) atoms. The first kappa shape index (κ1) is 15.4. The fraction of sp³-hybridized carbons (Fsp3) is 0.381. The van der Waals surface area contributed by atoms with Gasteiger partial charge in [0.2, 0.25) is 5.91 Å². The van der Waals surface area contributed by atoms with Crippen LogP contribution in [0.2, 0.25) is 0 Å². The van der Waals surface area contributed by atoms with Crippen LogP contribution in [-0.4, -0.2) is 25.0 Å². The van der Waals surface area contributed by atoms with E-state index in [4.69, 9.17) is 0 Å². The number of fused-ring (bicyclic) bond motifs is 1. The fourth-order valence-electron chi connectivity index (χ4n) is 3.94. The quantitative estimate of drug-likeness (QED) is 0.909. The van der Waals surface area contributed by atoms with Crippen molar-refractivity contribution < 1.29 is 4.79 Å². The molecule has 2 aromatic carbocycles. The molecule has 2 aromatic rings. The van der Waals surface area contributed by atoms with Gasteiger partial charge in [-0.2, -0.15) is 0 Å². The molecule has 1 aliphatic heterocycles. The lowest BCUT2D eigenvalue weighted by Crippen LogP contribution is -2.63. The van der Waals surface area contributed by atoms with E-state index in [-0.39, 0.29) is 17.4 Å². The Balaban J connectivity index is 1.43. The average molecular weight is 320 g/mol. The third-order valence-corrected chi connectivity index (χ3v) is 5.48. The van der Waals surface area contributed by atoms with Gasteiger partial charge in [0.1, 0.15) is 0 Å². The van der Waals surface area contributed by atoms with Crippen molar-refractivity contribution in [3.8, 4) is 0 Å². The molecular weight excluding hydrogens is 296 g/mol. The molecule has 1 saturated heterocycles. The van der Waals surface area contributed by atoms with Crippen molar-refractivity contribution in [2.45, 2.75) is 31.7 Å². The monoisotopic (exact) mass is 320 g/mol. The Kier molecular flexibility index (Phi) is 4.11. The van der Waals surface area contributed by atoms with Crippen LogP contribution in [0.5, 0.6) is 0 Å². The maximum Gasteiger partial charge on any atom is 0.229 e. The van der Waals surface area contributed by atoms with Crippen molar-refractivity contribution >= 4 is 5.91 Å². The predicted molar refractivity (Wildman–Crippen MR) is 95.8 cm³/mol. The van der Waals surface area contributed by atoms with Crippen LogP contribution in [0, 0.1) is 5.41 Å². The van der Waals surface area contributed by atoms with Crippen molar-refractivity contribution in [3.05, 3.63) is 71.3 Å². The second-order valence-corrected chi connectivity index (χ2v) is 7.23. The number of aryl methyl sites for hydroxylation is 1. The highest BCUT2D eigenvalue weighted by molar-refractivity contribution is 5.85. The summed E-state index contributed by atoms with van der Waals surface area (Å²) < 4.78 is 0. The fourth-order valence-corrected chi connectivity index (χ4v) is 3.94. The van der Waals surface area contributed by atoms with Gasteiger partial charge in [-0.1, -0.05) is 54.6 Å². The third-order valence-electron chi connectivity index (χ3n) is 5.48. The average Bonchev–Trinajstić information content (AvgIpc) is 2.59. The van der Waals surface area contributed by atoms with E-state index in [1.165, 1.54) is 16.7 Å². The Labute approximate surface area is 143 Å². The van der Waals surface area contributed by atoms with Gasteiger partial charge in [0, 0.05) is 19.1 Å². The van der Waals surface area contributed by atoms with Crippen LogP contribution in [0.25, 0.3) is 0 Å². The topological polar surface area (TPSA) is 41.1 Å². The molecule has 3 nitrogen and oxygen atoms in total. The first-order chi connectivity index (χ1) is 11.8. The summed E-state index contributed by atoms with van der Waals surface area (Å²) in [5.41, 5.74) is 3.78. The molecule has 0 bridgehead atoms. The lowest BCUT2D eigenvalue weighted by molar-refractivity contribution is -0.134. The Bertz CT molecular complexity index is 722. The van der Waals surface area contributed by atoms with Gasteiger partial charge >= 0.3 is 0 Å². The maximum atomic E-state index is 13.0. The van der Waals surface area contributed by atoms with Crippen LogP contribution in [0.3, 0.4) is 0 Å². The second kappa shape index (κ2) is 6.40. The standard InChI is InChI=1S/C21H24N2O/c24-20(21(14-22-15-21)13-16-6-2-1-3-7-16)23-19-11-10-17-8-4-5-9-18(17)12-19/h1-9,19,22H,10-15H2,(H,23,24). The summed E-state index contributed by atoms with van der Waals surface area (Å²) in [7, 11) is 0. The number of rotatable bonds is 4. The summed E-state index contributed by atoms with van der Waals surface area (Å²) in [6.45, 7) is 1.55. The highest BCUT2D eigenvalue weighted by Gasteiger charge is 2.44. The molecule has 124 valence electrons. The van der Waals surface area contributed by atoms with Crippen LogP contribution >= 0.6 is 0 Å². The summed E-state index contributed by atoms with van der Waals surface area (Å²) in [6, 6.07) is 19.2. The molecule has 1 aliphatic carbocycles. The summed E-state index contributed by atoms with van der Waals surface area (Å²) in [4.78, 5) is 13.0. The number of benzene rings is 2. The van der Waals surface area contributed by atoms with Gasteiger partial charge in [-0.05, 0) is 42.4 Å². The van der Waals surface area contributed by atoms with Gasteiger partial charge in [-0.3, -0.25) is 4.79 Å².